The fraction of sp³-hybridized carbons (Fsp3) is 0.357. The number of carbonyl (C=O) groups is 2. The minimum absolute atomic E-state index is 0.0383. The van der Waals surface area contributed by atoms with Crippen LogP contribution in [-0.2, 0) is 14.3 Å². The molecule has 21 heavy (non-hydrogen) atoms. The van der Waals surface area contributed by atoms with Crippen molar-refractivity contribution in [1.29, 1.82) is 0 Å². The first-order valence-electron chi connectivity index (χ1n) is 6.55. The second kappa shape index (κ2) is 7.12. The molecule has 0 bridgehead atoms. The Balaban J connectivity index is 1.84. The van der Waals surface area contributed by atoms with E-state index in [1.807, 2.05) is 24.3 Å². The number of likely N-dealkylation sites (N-methyl/N-ethyl adjacent to an activating group) is 1. The van der Waals surface area contributed by atoms with Crippen molar-refractivity contribution in [3.8, 4) is 0 Å². The van der Waals surface area contributed by atoms with Gasteiger partial charge in [-0.05, 0) is 26.0 Å². The summed E-state index contributed by atoms with van der Waals surface area (Å²) in [6.45, 7) is 3.83. The largest absolute Gasteiger partial charge is 0.452 e. The molecule has 1 aromatic carbocycles. The Labute approximate surface area is 126 Å². The van der Waals surface area contributed by atoms with E-state index in [1.54, 1.807) is 6.92 Å². The molecule has 1 heterocycles. The van der Waals surface area contributed by atoms with Gasteiger partial charge in [-0.2, -0.15) is 0 Å². The number of rotatable bonds is 6. The summed E-state index contributed by atoms with van der Waals surface area (Å²) in [7, 11) is 0. The number of fused-ring (bicyclic) bond motifs is 1. The molecule has 0 spiro atoms. The zero-order chi connectivity index (χ0) is 15.2. The normalized spacial score (nSPS) is 12.1. The zero-order valence-corrected chi connectivity index (χ0v) is 12.6. The van der Waals surface area contributed by atoms with Gasteiger partial charge in [-0.1, -0.05) is 23.9 Å². The molecule has 2 rings (SSSR count). The van der Waals surface area contributed by atoms with Crippen LogP contribution in [0.4, 0.5) is 0 Å². The first kappa shape index (κ1) is 15.4. The molecule has 0 radical (unpaired) electrons. The van der Waals surface area contributed by atoms with E-state index in [-0.39, 0.29) is 11.7 Å². The van der Waals surface area contributed by atoms with E-state index in [2.05, 4.69) is 10.3 Å². The molecule has 0 aliphatic heterocycles. The number of aromatic nitrogens is 1. The summed E-state index contributed by atoms with van der Waals surface area (Å²) in [5, 5.41) is 2.99. The van der Waals surface area contributed by atoms with Gasteiger partial charge in [0, 0.05) is 6.54 Å². The van der Waals surface area contributed by atoms with Gasteiger partial charge < -0.3 is 14.5 Å². The van der Waals surface area contributed by atoms with Gasteiger partial charge in [0.15, 0.2) is 11.7 Å². The van der Waals surface area contributed by atoms with E-state index < -0.39 is 12.1 Å². The highest BCUT2D eigenvalue weighted by Gasteiger charge is 2.17. The standard InChI is InChI=1S/C14H16N2O4S/c1-3-15-13(18)9(2)19-12(17)8-21-14-16-10-6-4-5-7-11(10)20-14/h4-7,9H,3,8H2,1-2H3,(H,15,18)/t9-/m0/s1. The van der Waals surface area contributed by atoms with Gasteiger partial charge in [-0.15, -0.1) is 0 Å². The van der Waals surface area contributed by atoms with E-state index in [4.69, 9.17) is 9.15 Å². The number of thioether (sulfide) groups is 1. The summed E-state index contributed by atoms with van der Waals surface area (Å²) in [6, 6.07) is 7.35. The number of oxazole rings is 1. The Morgan fingerprint density at radius 1 is 1.43 bits per heavy atom. The molecule has 1 N–H and O–H groups in total. The number of hydrogen-bond acceptors (Lipinski definition) is 6. The van der Waals surface area contributed by atoms with E-state index >= 15 is 0 Å². The molecule has 0 aliphatic carbocycles. The van der Waals surface area contributed by atoms with Gasteiger partial charge in [0.1, 0.15) is 11.3 Å². The summed E-state index contributed by atoms with van der Waals surface area (Å²) >= 11 is 1.14. The highest BCUT2D eigenvalue weighted by atomic mass is 32.2. The van der Waals surface area contributed by atoms with Crippen LogP contribution in [0.25, 0.3) is 11.1 Å². The Morgan fingerprint density at radius 2 is 2.19 bits per heavy atom. The number of nitrogens with zero attached hydrogens (tertiary/aromatic N) is 1. The van der Waals surface area contributed by atoms with Crippen molar-refractivity contribution in [3.05, 3.63) is 24.3 Å². The van der Waals surface area contributed by atoms with Crippen molar-refractivity contribution < 1.29 is 18.7 Å². The molecule has 6 nitrogen and oxygen atoms in total. The van der Waals surface area contributed by atoms with Crippen LogP contribution < -0.4 is 5.32 Å². The lowest BCUT2D eigenvalue weighted by Gasteiger charge is -2.11. The highest BCUT2D eigenvalue weighted by molar-refractivity contribution is 7.99. The molecule has 1 aromatic heterocycles. The molecule has 0 saturated carbocycles. The molecule has 112 valence electrons. The predicted molar refractivity (Wildman–Crippen MR) is 79.0 cm³/mol. The van der Waals surface area contributed by atoms with E-state index in [1.165, 1.54) is 6.92 Å². The van der Waals surface area contributed by atoms with Crippen LogP contribution in [0.3, 0.4) is 0 Å². The predicted octanol–water partition coefficient (Wildman–Crippen LogP) is 1.99. The fourth-order valence-electron chi connectivity index (χ4n) is 1.64. The maximum atomic E-state index is 11.7. The second-order valence-corrected chi connectivity index (χ2v) is 5.19. The third kappa shape index (κ3) is 4.22. The second-order valence-electron chi connectivity index (χ2n) is 4.26. The Morgan fingerprint density at radius 3 is 2.90 bits per heavy atom. The van der Waals surface area contributed by atoms with Crippen molar-refractivity contribution in [2.24, 2.45) is 0 Å². The quantitative estimate of drug-likeness (QED) is 0.649. The van der Waals surface area contributed by atoms with Crippen LogP contribution >= 0.6 is 11.8 Å². The van der Waals surface area contributed by atoms with Crippen LogP contribution in [0.1, 0.15) is 13.8 Å². The molecule has 0 fully saturated rings. The third-order valence-electron chi connectivity index (χ3n) is 2.62. The number of esters is 1. The van der Waals surface area contributed by atoms with E-state index in [0.29, 0.717) is 17.4 Å². The minimum atomic E-state index is -0.804. The Kier molecular flexibility index (Phi) is 5.21. The summed E-state index contributed by atoms with van der Waals surface area (Å²) in [4.78, 5) is 27.3. The van der Waals surface area contributed by atoms with Gasteiger partial charge in [0.2, 0.25) is 0 Å². The smallest absolute Gasteiger partial charge is 0.317 e. The first-order valence-corrected chi connectivity index (χ1v) is 7.54. The fourth-order valence-corrected chi connectivity index (χ4v) is 2.26. The van der Waals surface area contributed by atoms with Crippen molar-refractivity contribution in [2.75, 3.05) is 12.3 Å². The van der Waals surface area contributed by atoms with Gasteiger partial charge >= 0.3 is 5.97 Å². The van der Waals surface area contributed by atoms with Crippen molar-refractivity contribution in [2.45, 2.75) is 25.2 Å². The lowest BCUT2D eigenvalue weighted by molar-refractivity contribution is -0.152. The zero-order valence-electron chi connectivity index (χ0n) is 11.8. The summed E-state index contributed by atoms with van der Waals surface area (Å²) in [6.07, 6.45) is -0.804. The van der Waals surface area contributed by atoms with Crippen LogP contribution in [0.2, 0.25) is 0 Å². The van der Waals surface area contributed by atoms with Crippen LogP contribution in [-0.4, -0.2) is 35.3 Å². The number of para-hydroxylation sites is 2. The van der Waals surface area contributed by atoms with Crippen molar-refractivity contribution in [1.82, 2.24) is 10.3 Å². The van der Waals surface area contributed by atoms with Gasteiger partial charge in [0.05, 0.1) is 0 Å². The lowest BCUT2D eigenvalue weighted by atomic mass is 10.3. The third-order valence-corrected chi connectivity index (χ3v) is 3.42. The number of amides is 1. The van der Waals surface area contributed by atoms with Crippen LogP contribution in [0.5, 0.6) is 0 Å². The number of carbonyl (C=O) groups excluding carboxylic acids is 2. The average molecular weight is 308 g/mol. The molecule has 1 amide bonds. The highest BCUT2D eigenvalue weighted by Crippen LogP contribution is 2.23. The lowest BCUT2D eigenvalue weighted by Crippen LogP contribution is -2.35. The molecule has 7 heteroatoms. The van der Waals surface area contributed by atoms with Gasteiger partial charge in [-0.25, -0.2) is 4.98 Å². The number of benzene rings is 1. The first-order chi connectivity index (χ1) is 10.1. The molecule has 0 unspecified atom stereocenters. The molecule has 1 atom stereocenters. The monoisotopic (exact) mass is 308 g/mol. The average Bonchev–Trinajstić information content (AvgIpc) is 2.88. The van der Waals surface area contributed by atoms with Crippen molar-refractivity contribution >= 4 is 34.7 Å². The Hall–Kier alpha value is -2.02. The maximum Gasteiger partial charge on any atom is 0.317 e. The van der Waals surface area contributed by atoms with Gasteiger partial charge in [0.25, 0.3) is 11.1 Å². The molecule has 0 saturated heterocycles. The topological polar surface area (TPSA) is 81.4 Å². The number of nitrogens with one attached hydrogen (secondary N) is 1. The molecule has 2 aromatic rings. The maximum absolute atomic E-state index is 11.7. The number of ether oxygens (including phenoxy) is 1. The minimum Gasteiger partial charge on any atom is -0.452 e. The summed E-state index contributed by atoms with van der Waals surface area (Å²) in [5.41, 5.74) is 1.41. The number of hydrogen-bond donors (Lipinski definition) is 1. The SMILES string of the molecule is CCNC(=O)[C@H](C)OC(=O)CSc1nc2ccccc2o1. The molecule has 0 aliphatic rings. The van der Waals surface area contributed by atoms with E-state index in [0.717, 1.165) is 17.3 Å². The van der Waals surface area contributed by atoms with Crippen LogP contribution in [0, 0.1) is 0 Å². The van der Waals surface area contributed by atoms with Gasteiger partial charge in [-0.3, -0.25) is 9.59 Å². The van der Waals surface area contributed by atoms with Crippen molar-refractivity contribution in [3.63, 3.8) is 0 Å². The summed E-state index contributed by atoms with van der Waals surface area (Å²) in [5.74, 6) is -0.755. The Bertz CT molecular complexity index is 608. The molecular formula is C14H16N2O4S. The van der Waals surface area contributed by atoms with Crippen LogP contribution in [0.15, 0.2) is 33.9 Å². The molecular weight excluding hydrogens is 292 g/mol. The summed E-state index contributed by atoms with van der Waals surface area (Å²) < 4.78 is 10.5. The van der Waals surface area contributed by atoms with E-state index in [9.17, 15) is 9.59 Å².